The summed E-state index contributed by atoms with van der Waals surface area (Å²) in [6.07, 6.45) is 5.35. The molecule has 5 nitrogen and oxygen atoms in total. The van der Waals surface area contributed by atoms with Gasteiger partial charge in [0.2, 0.25) is 0 Å². The van der Waals surface area contributed by atoms with Crippen LogP contribution in [0.25, 0.3) is 0 Å². The van der Waals surface area contributed by atoms with Gasteiger partial charge in [0.25, 0.3) is 5.70 Å². The Hall–Kier alpha value is -1.04. The lowest BCUT2D eigenvalue weighted by Crippen LogP contribution is -2.21. The standard InChI is InChI=1S/C7H11N3O2S/c1-9-5-6(10(11)12)3-4-8-7(9)13-2/h4-5,7H,3H2,1-2H3. The topological polar surface area (TPSA) is 58.7 Å². The summed E-state index contributed by atoms with van der Waals surface area (Å²) in [5.41, 5.74) is 0.139. The van der Waals surface area contributed by atoms with E-state index in [9.17, 15) is 10.1 Å². The molecule has 0 N–H and O–H groups in total. The van der Waals surface area contributed by atoms with E-state index in [1.54, 1.807) is 29.9 Å². The third-order valence-corrected chi connectivity index (χ3v) is 2.56. The van der Waals surface area contributed by atoms with Gasteiger partial charge in [-0.1, -0.05) is 0 Å². The molecule has 0 amide bonds. The van der Waals surface area contributed by atoms with E-state index in [1.165, 1.54) is 6.20 Å². The first kappa shape index (κ1) is 10.0. The van der Waals surface area contributed by atoms with Crippen molar-refractivity contribution in [2.45, 2.75) is 11.9 Å². The third-order valence-electron chi connectivity index (χ3n) is 1.68. The molecular formula is C7H11N3O2S. The molecule has 0 bridgehead atoms. The first-order valence-electron chi connectivity index (χ1n) is 3.76. The molecule has 0 fully saturated rings. The molecule has 6 heteroatoms. The molecule has 0 radical (unpaired) electrons. The van der Waals surface area contributed by atoms with Crippen LogP contribution in [0.4, 0.5) is 0 Å². The quantitative estimate of drug-likeness (QED) is 0.497. The number of hydrogen-bond donors (Lipinski definition) is 0. The Morgan fingerprint density at radius 3 is 3.08 bits per heavy atom. The molecular weight excluding hydrogens is 190 g/mol. The molecule has 0 saturated heterocycles. The maximum Gasteiger partial charge on any atom is 0.267 e. The monoisotopic (exact) mass is 201 g/mol. The van der Waals surface area contributed by atoms with E-state index in [-0.39, 0.29) is 16.1 Å². The summed E-state index contributed by atoms with van der Waals surface area (Å²) in [6, 6.07) is 0. The minimum Gasteiger partial charge on any atom is -0.345 e. The molecule has 1 aliphatic heterocycles. The number of allylic oxidation sites excluding steroid dienone is 1. The Kier molecular flexibility index (Phi) is 3.30. The summed E-state index contributed by atoms with van der Waals surface area (Å²) in [7, 11) is 1.79. The molecule has 1 unspecified atom stereocenters. The highest BCUT2D eigenvalue weighted by molar-refractivity contribution is 7.99. The lowest BCUT2D eigenvalue weighted by Gasteiger charge is -2.18. The molecule has 1 aliphatic rings. The molecule has 0 aromatic carbocycles. The molecule has 0 aromatic rings. The van der Waals surface area contributed by atoms with E-state index in [0.29, 0.717) is 6.42 Å². The minimum absolute atomic E-state index is 0.0440. The molecule has 13 heavy (non-hydrogen) atoms. The van der Waals surface area contributed by atoms with E-state index < -0.39 is 0 Å². The van der Waals surface area contributed by atoms with Crippen LogP contribution in [0.2, 0.25) is 0 Å². The zero-order valence-electron chi connectivity index (χ0n) is 7.51. The highest BCUT2D eigenvalue weighted by Crippen LogP contribution is 2.17. The second-order valence-corrected chi connectivity index (χ2v) is 3.53. The minimum atomic E-state index is -0.370. The van der Waals surface area contributed by atoms with Gasteiger partial charge in [0.05, 0.1) is 17.5 Å². The summed E-state index contributed by atoms with van der Waals surface area (Å²) in [5, 5.41) is 10.5. The van der Waals surface area contributed by atoms with Crippen LogP contribution in [0.1, 0.15) is 6.42 Å². The Morgan fingerprint density at radius 1 is 1.85 bits per heavy atom. The zero-order valence-corrected chi connectivity index (χ0v) is 8.32. The molecule has 0 spiro atoms. The number of hydrogen-bond acceptors (Lipinski definition) is 5. The Labute approximate surface area is 80.7 Å². The summed E-state index contributed by atoms with van der Waals surface area (Å²) >= 11 is 1.54. The van der Waals surface area contributed by atoms with Gasteiger partial charge in [-0.15, -0.1) is 11.8 Å². The van der Waals surface area contributed by atoms with Crippen molar-refractivity contribution in [1.29, 1.82) is 0 Å². The highest BCUT2D eigenvalue weighted by Gasteiger charge is 2.17. The van der Waals surface area contributed by atoms with Crippen molar-refractivity contribution >= 4 is 18.0 Å². The fourth-order valence-electron chi connectivity index (χ4n) is 1.04. The Bertz CT molecular complexity index is 264. The predicted octanol–water partition coefficient (Wildman–Crippen LogP) is 1.16. The van der Waals surface area contributed by atoms with Crippen LogP contribution in [-0.2, 0) is 0 Å². The normalized spacial score (nSPS) is 22.5. The van der Waals surface area contributed by atoms with Crippen LogP contribution in [-0.4, -0.2) is 34.8 Å². The molecule has 72 valence electrons. The molecule has 1 atom stereocenters. The van der Waals surface area contributed by atoms with Crippen LogP contribution in [0.5, 0.6) is 0 Å². The molecule has 1 heterocycles. The zero-order chi connectivity index (χ0) is 9.84. The molecule has 0 aliphatic carbocycles. The summed E-state index contributed by atoms with van der Waals surface area (Å²) < 4.78 is 0. The lowest BCUT2D eigenvalue weighted by molar-refractivity contribution is -0.426. The van der Waals surface area contributed by atoms with Crippen LogP contribution in [0.15, 0.2) is 16.9 Å². The van der Waals surface area contributed by atoms with E-state index in [0.717, 1.165) is 0 Å². The van der Waals surface area contributed by atoms with Crippen molar-refractivity contribution in [2.75, 3.05) is 13.3 Å². The number of nitro groups is 1. The average molecular weight is 201 g/mol. The molecule has 0 saturated carbocycles. The predicted molar refractivity (Wildman–Crippen MR) is 53.3 cm³/mol. The van der Waals surface area contributed by atoms with E-state index in [4.69, 9.17) is 0 Å². The van der Waals surface area contributed by atoms with Crippen molar-refractivity contribution in [3.8, 4) is 0 Å². The van der Waals surface area contributed by atoms with Crippen LogP contribution in [0, 0.1) is 10.1 Å². The van der Waals surface area contributed by atoms with Crippen molar-refractivity contribution in [3.05, 3.63) is 22.0 Å². The largest absolute Gasteiger partial charge is 0.345 e. The van der Waals surface area contributed by atoms with Crippen molar-refractivity contribution in [3.63, 3.8) is 0 Å². The number of rotatable bonds is 2. The van der Waals surface area contributed by atoms with E-state index in [2.05, 4.69) is 4.99 Å². The van der Waals surface area contributed by atoms with E-state index >= 15 is 0 Å². The Morgan fingerprint density at radius 2 is 2.54 bits per heavy atom. The van der Waals surface area contributed by atoms with Crippen LogP contribution in [0.3, 0.4) is 0 Å². The van der Waals surface area contributed by atoms with Gasteiger partial charge in [-0.25, -0.2) is 0 Å². The van der Waals surface area contributed by atoms with Gasteiger partial charge in [-0.2, -0.15) is 0 Å². The highest BCUT2D eigenvalue weighted by atomic mass is 32.2. The van der Waals surface area contributed by atoms with Gasteiger partial charge >= 0.3 is 0 Å². The number of aliphatic imine (C=N–C) groups is 1. The van der Waals surface area contributed by atoms with E-state index in [1.807, 2.05) is 6.26 Å². The number of nitrogens with zero attached hydrogens (tertiary/aromatic N) is 3. The molecule has 0 aromatic heterocycles. The van der Waals surface area contributed by atoms with Gasteiger partial charge in [-0.05, 0) is 6.26 Å². The van der Waals surface area contributed by atoms with Crippen LogP contribution < -0.4 is 0 Å². The third kappa shape index (κ3) is 2.45. The van der Waals surface area contributed by atoms with Crippen molar-refractivity contribution < 1.29 is 4.92 Å². The number of thioether (sulfide) groups is 1. The first-order valence-corrected chi connectivity index (χ1v) is 5.05. The average Bonchev–Trinajstić information content (AvgIpc) is 2.26. The van der Waals surface area contributed by atoms with Gasteiger partial charge in [0, 0.05) is 13.3 Å². The summed E-state index contributed by atoms with van der Waals surface area (Å²) in [6.45, 7) is 0. The van der Waals surface area contributed by atoms with Crippen molar-refractivity contribution in [1.82, 2.24) is 4.90 Å². The van der Waals surface area contributed by atoms with Gasteiger partial charge in [0.15, 0.2) is 5.50 Å². The maximum atomic E-state index is 10.5. The first-order chi connectivity index (χ1) is 6.15. The summed E-state index contributed by atoms with van der Waals surface area (Å²) in [4.78, 5) is 16.0. The van der Waals surface area contributed by atoms with Gasteiger partial charge in [-0.3, -0.25) is 15.1 Å². The second-order valence-electron chi connectivity index (χ2n) is 2.64. The molecule has 1 rings (SSSR count). The van der Waals surface area contributed by atoms with Gasteiger partial charge in [0.1, 0.15) is 0 Å². The van der Waals surface area contributed by atoms with Crippen molar-refractivity contribution in [2.24, 2.45) is 4.99 Å². The Balaban J connectivity index is 2.83. The van der Waals surface area contributed by atoms with Gasteiger partial charge < -0.3 is 4.90 Å². The fraction of sp³-hybridized carbons (Fsp3) is 0.571. The maximum absolute atomic E-state index is 10.5. The van der Waals surface area contributed by atoms with Crippen LogP contribution >= 0.6 is 11.8 Å². The SMILES string of the molecule is CSC1N=CCC([N+](=O)[O-])=CN1C. The summed E-state index contributed by atoms with van der Waals surface area (Å²) in [5.74, 6) is 0. The second kappa shape index (κ2) is 4.27. The smallest absolute Gasteiger partial charge is 0.267 e. The fourth-order valence-corrected chi connectivity index (χ4v) is 1.64. The lowest BCUT2D eigenvalue weighted by atomic mass is 10.3.